The van der Waals surface area contributed by atoms with Gasteiger partial charge in [-0.05, 0) is 66.2 Å². The quantitative estimate of drug-likeness (QED) is 0.532. The van der Waals surface area contributed by atoms with Crippen molar-refractivity contribution in [1.29, 1.82) is 5.26 Å². The van der Waals surface area contributed by atoms with Gasteiger partial charge in [0.15, 0.2) is 0 Å². The number of imide groups is 1. The van der Waals surface area contributed by atoms with E-state index in [1.165, 1.54) is 0 Å². The molecule has 9 nitrogen and oxygen atoms in total. The SMILES string of the molecule is CS(=O)(=O)Nc1cccc(N2c3cc(C#N)ccc3C=C3C(=O)N(c4ccc(Cl)cc4)C(=O)NC32)c1. The number of anilines is 4. The molecule has 2 N–H and O–H groups in total. The number of hydrogen-bond acceptors (Lipinski definition) is 6. The van der Waals surface area contributed by atoms with Crippen LogP contribution < -0.4 is 19.8 Å². The van der Waals surface area contributed by atoms with Gasteiger partial charge in [0.1, 0.15) is 6.17 Å². The molecule has 0 spiro atoms. The highest BCUT2D eigenvalue weighted by molar-refractivity contribution is 7.92. The minimum Gasteiger partial charge on any atom is -0.316 e. The third kappa shape index (κ3) is 4.26. The molecule has 36 heavy (non-hydrogen) atoms. The Hall–Kier alpha value is -4.33. The van der Waals surface area contributed by atoms with Gasteiger partial charge >= 0.3 is 6.03 Å². The summed E-state index contributed by atoms with van der Waals surface area (Å²) in [5, 5.41) is 12.8. The van der Waals surface area contributed by atoms with Crippen molar-refractivity contribution in [2.24, 2.45) is 0 Å². The number of sulfonamides is 1. The number of nitriles is 1. The molecular weight excluding hydrogens is 502 g/mol. The van der Waals surface area contributed by atoms with Crippen LogP contribution in [0.1, 0.15) is 11.1 Å². The summed E-state index contributed by atoms with van der Waals surface area (Å²) in [6.07, 6.45) is 1.82. The Morgan fingerprint density at radius 3 is 2.47 bits per heavy atom. The van der Waals surface area contributed by atoms with E-state index in [1.807, 2.05) is 0 Å². The van der Waals surface area contributed by atoms with E-state index in [4.69, 9.17) is 11.6 Å². The zero-order chi connectivity index (χ0) is 25.6. The molecule has 1 saturated heterocycles. The number of nitrogens with zero attached hydrogens (tertiary/aromatic N) is 3. The van der Waals surface area contributed by atoms with Crippen LogP contribution in [0, 0.1) is 11.3 Å². The zero-order valence-electron chi connectivity index (χ0n) is 18.8. The van der Waals surface area contributed by atoms with Gasteiger partial charge in [-0.3, -0.25) is 9.52 Å². The Balaban J connectivity index is 1.65. The molecule has 1 unspecified atom stereocenters. The van der Waals surface area contributed by atoms with Crippen LogP contribution in [0.2, 0.25) is 5.02 Å². The van der Waals surface area contributed by atoms with E-state index in [0.717, 1.165) is 11.2 Å². The first-order chi connectivity index (χ1) is 17.1. The van der Waals surface area contributed by atoms with E-state index < -0.39 is 28.1 Å². The molecule has 2 heterocycles. The van der Waals surface area contributed by atoms with Crippen molar-refractivity contribution < 1.29 is 18.0 Å². The molecule has 1 fully saturated rings. The third-order valence-corrected chi connectivity index (χ3v) is 6.57. The van der Waals surface area contributed by atoms with Crippen LogP contribution in [0.5, 0.6) is 0 Å². The number of benzene rings is 3. The van der Waals surface area contributed by atoms with Crippen LogP contribution in [-0.4, -0.2) is 32.8 Å². The van der Waals surface area contributed by atoms with Gasteiger partial charge in [-0.25, -0.2) is 18.1 Å². The number of urea groups is 1. The molecule has 0 radical (unpaired) electrons. The van der Waals surface area contributed by atoms with Gasteiger partial charge in [0.05, 0.1) is 40.5 Å². The fourth-order valence-corrected chi connectivity index (χ4v) is 4.92. The van der Waals surface area contributed by atoms with Crippen LogP contribution in [0.15, 0.2) is 72.3 Å². The Kier molecular flexibility index (Phi) is 5.67. The van der Waals surface area contributed by atoms with E-state index >= 15 is 0 Å². The predicted molar refractivity (Wildman–Crippen MR) is 137 cm³/mol. The lowest BCUT2D eigenvalue weighted by Crippen LogP contribution is -2.62. The van der Waals surface area contributed by atoms with Crippen molar-refractivity contribution in [1.82, 2.24) is 5.32 Å². The molecule has 3 aromatic carbocycles. The number of rotatable bonds is 4. The highest BCUT2D eigenvalue weighted by Crippen LogP contribution is 2.41. The van der Waals surface area contributed by atoms with Crippen LogP contribution in [0.25, 0.3) is 6.08 Å². The largest absolute Gasteiger partial charge is 0.330 e. The average molecular weight is 520 g/mol. The summed E-state index contributed by atoms with van der Waals surface area (Å²) in [6.45, 7) is 0. The average Bonchev–Trinajstić information content (AvgIpc) is 2.83. The van der Waals surface area contributed by atoms with Crippen LogP contribution in [-0.2, 0) is 14.8 Å². The lowest BCUT2D eigenvalue weighted by molar-refractivity contribution is -0.115. The zero-order valence-corrected chi connectivity index (χ0v) is 20.3. The standard InChI is InChI=1S/C25H18ClN5O4S/c1-36(34,35)29-18-3-2-4-20(13-18)30-22-11-15(14-27)5-6-16(22)12-21-23(30)28-25(33)31(24(21)32)19-9-7-17(26)8-10-19/h2-13,23,29H,1H3,(H,28,33). The second kappa shape index (κ2) is 8.71. The topological polar surface area (TPSA) is 123 Å². The normalized spacial score (nSPS) is 16.9. The highest BCUT2D eigenvalue weighted by Gasteiger charge is 2.43. The van der Waals surface area contributed by atoms with Gasteiger partial charge in [0.2, 0.25) is 10.0 Å². The molecule has 0 saturated carbocycles. The molecule has 2 aliphatic rings. The van der Waals surface area contributed by atoms with Crippen molar-refractivity contribution >= 4 is 62.4 Å². The first-order valence-electron chi connectivity index (χ1n) is 10.7. The molecule has 3 aromatic rings. The smallest absolute Gasteiger partial charge is 0.316 e. The number of fused-ring (bicyclic) bond motifs is 2. The third-order valence-electron chi connectivity index (χ3n) is 5.71. The summed E-state index contributed by atoms with van der Waals surface area (Å²) in [6, 6.07) is 19.4. The second-order valence-electron chi connectivity index (χ2n) is 8.25. The minimum atomic E-state index is -3.54. The van der Waals surface area contributed by atoms with Crippen LogP contribution in [0.3, 0.4) is 0 Å². The number of halogens is 1. The summed E-state index contributed by atoms with van der Waals surface area (Å²) in [4.78, 5) is 29.5. The summed E-state index contributed by atoms with van der Waals surface area (Å²) >= 11 is 5.97. The monoisotopic (exact) mass is 519 g/mol. The summed E-state index contributed by atoms with van der Waals surface area (Å²) in [5.74, 6) is -0.517. The van der Waals surface area contributed by atoms with Crippen LogP contribution in [0.4, 0.5) is 27.5 Å². The summed E-state index contributed by atoms with van der Waals surface area (Å²) in [5.41, 5.74) is 3.08. The molecule has 180 valence electrons. The number of carbonyl (C=O) groups is 2. The summed E-state index contributed by atoms with van der Waals surface area (Å²) in [7, 11) is -3.54. The van der Waals surface area contributed by atoms with Gasteiger partial charge in [0, 0.05) is 10.7 Å². The minimum absolute atomic E-state index is 0.295. The molecule has 3 amide bonds. The maximum atomic E-state index is 13.6. The van der Waals surface area contributed by atoms with E-state index in [-0.39, 0.29) is 0 Å². The number of carbonyl (C=O) groups excluding carboxylic acids is 2. The Bertz CT molecular complexity index is 1600. The van der Waals surface area contributed by atoms with Gasteiger partial charge < -0.3 is 10.2 Å². The fourth-order valence-electron chi connectivity index (χ4n) is 4.24. The number of nitrogens with one attached hydrogen (secondary N) is 2. The van der Waals surface area contributed by atoms with E-state index in [9.17, 15) is 23.3 Å². The molecule has 2 aliphatic heterocycles. The van der Waals surface area contributed by atoms with Gasteiger partial charge in [-0.15, -0.1) is 0 Å². The first-order valence-corrected chi connectivity index (χ1v) is 12.9. The molecule has 5 rings (SSSR count). The fraction of sp³-hybridized carbons (Fsp3) is 0.0800. The summed E-state index contributed by atoms with van der Waals surface area (Å²) < 4.78 is 26.0. The van der Waals surface area contributed by atoms with E-state index in [0.29, 0.717) is 44.5 Å². The van der Waals surface area contributed by atoms with Crippen molar-refractivity contribution in [3.63, 3.8) is 0 Å². The number of hydrogen-bond donors (Lipinski definition) is 2. The lowest BCUT2D eigenvalue weighted by Gasteiger charge is -2.43. The maximum absolute atomic E-state index is 13.6. The number of amides is 3. The maximum Gasteiger partial charge on any atom is 0.330 e. The van der Waals surface area contributed by atoms with Gasteiger partial charge in [-0.1, -0.05) is 23.7 Å². The lowest BCUT2D eigenvalue weighted by atomic mass is 9.95. The second-order valence-corrected chi connectivity index (χ2v) is 10.4. The van der Waals surface area contributed by atoms with Crippen molar-refractivity contribution in [2.45, 2.75) is 6.17 Å². The van der Waals surface area contributed by atoms with E-state index in [1.54, 1.807) is 77.7 Å². The Morgan fingerprint density at radius 1 is 1.03 bits per heavy atom. The van der Waals surface area contributed by atoms with E-state index in [2.05, 4.69) is 16.1 Å². The molecule has 1 atom stereocenters. The molecular formula is C25H18ClN5O4S. The molecule has 11 heteroatoms. The molecule has 0 aromatic heterocycles. The van der Waals surface area contributed by atoms with Crippen molar-refractivity contribution in [2.75, 3.05) is 20.8 Å². The molecule has 0 bridgehead atoms. The Labute approximate surface area is 212 Å². The van der Waals surface area contributed by atoms with Gasteiger partial charge in [0.25, 0.3) is 5.91 Å². The molecule has 0 aliphatic carbocycles. The predicted octanol–water partition coefficient (Wildman–Crippen LogP) is 4.20. The van der Waals surface area contributed by atoms with Gasteiger partial charge in [-0.2, -0.15) is 5.26 Å². The highest BCUT2D eigenvalue weighted by atomic mass is 35.5. The van der Waals surface area contributed by atoms with Crippen molar-refractivity contribution in [3.05, 3.63) is 88.5 Å². The van der Waals surface area contributed by atoms with Crippen LogP contribution >= 0.6 is 11.6 Å². The Morgan fingerprint density at radius 2 is 1.78 bits per heavy atom. The van der Waals surface area contributed by atoms with Crippen molar-refractivity contribution in [3.8, 4) is 6.07 Å². The first kappa shape index (κ1) is 23.4.